The number of alkyl carbamates (subject to hydrolysis) is 1. The van der Waals surface area contributed by atoms with Crippen LogP contribution in [0.15, 0.2) is 18.2 Å². The van der Waals surface area contributed by atoms with Crippen LogP contribution in [-0.2, 0) is 4.74 Å². The fourth-order valence-electron chi connectivity index (χ4n) is 2.21. The smallest absolute Gasteiger partial charge is 0.407 e. The molecule has 1 aliphatic heterocycles. The molecule has 0 aromatic heterocycles. The number of likely N-dealkylation sites (tertiary alicyclic amines) is 1. The lowest BCUT2D eigenvalue weighted by Gasteiger charge is -2.17. The van der Waals surface area contributed by atoms with Crippen molar-refractivity contribution in [2.24, 2.45) is 0 Å². The van der Waals surface area contributed by atoms with Gasteiger partial charge >= 0.3 is 6.09 Å². The zero-order chi connectivity index (χ0) is 14.7. The molecule has 1 heterocycles. The third kappa shape index (κ3) is 3.01. The summed E-state index contributed by atoms with van der Waals surface area (Å²) in [6.07, 6.45) is 0.205. The number of aryl methyl sites for hydroxylation is 1. The Bertz CT molecular complexity index is 530. The van der Waals surface area contributed by atoms with Crippen molar-refractivity contribution in [2.75, 3.05) is 20.2 Å². The third-order valence-electron chi connectivity index (χ3n) is 3.44. The predicted molar refractivity (Wildman–Crippen MR) is 72.7 cm³/mol. The first kappa shape index (κ1) is 14.2. The van der Waals surface area contributed by atoms with Gasteiger partial charge in [0.05, 0.1) is 13.2 Å². The van der Waals surface area contributed by atoms with Crippen LogP contribution < -0.4 is 5.32 Å². The lowest BCUT2D eigenvalue weighted by molar-refractivity contribution is 0.0787. The number of rotatable bonds is 2. The van der Waals surface area contributed by atoms with Crippen LogP contribution in [0.1, 0.15) is 22.3 Å². The van der Waals surface area contributed by atoms with E-state index >= 15 is 0 Å². The van der Waals surface area contributed by atoms with Gasteiger partial charge in [-0.15, -0.1) is 0 Å². The van der Waals surface area contributed by atoms with Crippen LogP contribution in [-0.4, -0.2) is 48.2 Å². The van der Waals surface area contributed by atoms with Crippen molar-refractivity contribution in [1.29, 1.82) is 0 Å². The second-order valence-corrected chi connectivity index (χ2v) is 4.87. The molecule has 20 heavy (non-hydrogen) atoms. The zero-order valence-corrected chi connectivity index (χ0v) is 11.5. The molecular weight excluding hydrogens is 260 g/mol. The summed E-state index contributed by atoms with van der Waals surface area (Å²) in [5.74, 6) is -0.0336. The summed E-state index contributed by atoms with van der Waals surface area (Å²) in [4.78, 5) is 25.1. The summed E-state index contributed by atoms with van der Waals surface area (Å²) in [5, 5.41) is 12.3. The van der Waals surface area contributed by atoms with E-state index in [1.54, 1.807) is 24.0 Å². The highest BCUT2D eigenvalue weighted by atomic mass is 16.5. The average molecular weight is 278 g/mol. The van der Waals surface area contributed by atoms with Crippen molar-refractivity contribution in [3.63, 3.8) is 0 Å². The van der Waals surface area contributed by atoms with Crippen LogP contribution in [0.25, 0.3) is 0 Å². The van der Waals surface area contributed by atoms with Crippen LogP contribution >= 0.6 is 0 Å². The Kier molecular flexibility index (Phi) is 4.12. The molecule has 1 fully saturated rings. The minimum absolute atomic E-state index is 0.0922. The zero-order valence-electron chi connectivity index (χ0n) is 11.5. The van der Waals surface area contributed by atoms with Gasteiger partial charge in [-0.05, 0) is 31.0 Å². The van der Waals surface area contributed by atoms with Crippen LogP contribution in [0.4, 0.5) is 4.79 Å². The number of ether oxygens (including phenoxy) is 1. The Morgan fingerprint density at radius 1 is 1.45 bits per heavy atom. The van der Waals surface area contributed by atoms with Crippen LogP contribution in [0.2, 0.25) is 0 Å². The number of hydrogen-bond acceptors (Lipinski definition) is 4. The average Bonchev–Trinajstić information content (AvgIpc) is 2.89. The molecule has 2 rings (SSSR count). The Labute approximate surface area is 117 Å². The molecule has 0 spiro atoms. The molecule has 1 saturated heterocycles. The molecule has 0 radical (unpaired) electrons. The van der Waals surface area contributed by atoms with Gasteiger partial charge in [-0.25, -0.2) is 4.79 Å². The van der Waals surface area contributed by atoms with E-state index in [1.165, 1.54) is 13.2 Å². The van der Waals surface area contributed by atoms with Crippen LogP contribution in [0.5, 0.6) is 5.75 Å². The Morgan fingerprint density at radius 3 is 2.85 bits per heavy atom. The first-order chi connectivity index (χ1) is 9.51. The number of hydrogen-bond donors (Lipinski definition) is 2. The standard InChI is InChI=1S/C14H18N2O4/c1-9-3-4-10(7-12(9)17)13(18)16-6-5-11(8-16)15-14(19)20-2/h3-4,7,11,17H,5-6,8H2,1-2H3,(H,15,19). The highest BCUT2D eigenvalue weighted by Crippen LogP contribution is 2.20. The van der Waals surface area contributed by atoms with Crippen molar-refractivity contribution in [1.82, 2.24) is 10.2 Å². The van der Waals surface area contributed by atoms with E-state index in [9.17, 15) is 14.7 Å². The number of amides is 2. The van der Waals surface area contributed by atoms with Gasteiger partial charge in [0, 0.05) is 18.7 Å². The summed E-state index contributed by atoms with van der Waals surface area (Å²) in [7, 11) is 1.31. The molecule has 0 bridgehead atoms. The normalized spacial score (nSPS) is 17.9. The molecule has 6 heteroatoms. The first-order valence-electron chi connectivity index (χ1n) is 6.44. The van der Waals surface area contributed by atoms with E-state index in [1.807, 2.05) is 0 Å². The summed E-state index contributed by atoms with van der Waals surface area (Å²) in [5.41, 5.74) is 1.18. The number of aromatic hydroxyl groups is 1. The number of benzene rings is 1. The fourth-order valence-corrected chi connectivity index (χ4v) is 2.21. The second-order valence-electron chi connectivity index (χ2n) is 4.87. The lowest BCUT2D eigenvalue weighted by Crippen LogP contribution is -2.38. The molecule has 1 aromatic rings. The number of phenols is 1. The third-order valence-corrected chi connectivity index (χ3v) is 3.44. The number of phenolic OH excluding ortho intramolecular Hbond substituents is 1. The van der Waals surface area contributed by atoms with Crippen LogP contribution in [0, 0.1) is 6.92 Å². The maximum atomic E-state index is 12.3. The highest BCUT2D eigenvalue weighted by Gasteiger charge is 2.28. The summed E-state index contributed by atoms with van der Waals surface area (Å²) >= 11 is 0. The lowest BCUT2D eigenvalue weighted by atomic mass is 10.1. The van der Waals surface area contributed by atoms with E-state index in [0.29, 0.717) is 25.1 Å². The summed E-state index contributed by atoms with van der Waals surface area (Å²) < 4.78 is 4.53. The number of nitrogens with one attached hydrogen (secondary N) is 1. The molecule has 1 aromatic carbocycles. The van der Waals surface area contributed by atoms with Gasteiger partial charge in [-0.3, -0.25) is 4.79 Å². The predicted octanol–water partition coefficient (Wildman–Crippen LogP) is 1.27. The number of carbonyl (C=O) groups excluding carboxylic acids is 2. The van der Waals surface area contributed by atoms with Crippen molar-refractivity contribution >= 4 is 12.0 Å². The summed E-state index contributed by atoms with van der Waals surface area (Å²) in [6.45, 7) is 2.79. The van der Waals surface area contributed by atoms with Crippen molar-refractivity contribution in [2.45, 2.75) is 19.4 Å². The van der Waals surface area contributed by atoms with E-state index < -0.39 is 6.09 Å². The van der Waals surface area contributed by atoms with Crippen molar-refractivity contribution in [3.05, 3.63) is 29.3 Å². The van der Waals surface area contributed by atoms with E-state index in [4.69, 9.17) is 0 Å². The largest absolute Gasteiger partial charge is 0.508 e. The second kappa shape index (κ2) is 5.81. The Hall–Kier alpha value is -2.24. The van der Waals surface area contributed by atoms with Gasteiger partial charge in [0.15, 0.2) is 0 Å². The number of carbonyl (C=O) groups is 2. The molecule has 1 unspecified atom stereocenters. The minimum Gasteiger partial charge on any atom is -0.508 e. The molecule has 1 aliphatic rings. The summed E-state index contributed by atoms with van der Waals surface area (Å²) in [6, 6.07) is 4.78. The van der Waals surface area contributed by atoms with E-state index in [-0.39, 0.29) is 17.7 Å². The first-order valence-corrected chi connectivity index (χ1v) is 6.44. The molecule has 0 saturated carbocycles. The number of nitrogens with zero attached hydrogens (tertiary/aromatic N) is 1. The molecule has 108 valence electrons. The molecular formula is C14H18N2O4. The van der Waals surface area contributed by atoms with Gasteiger partial charge in [-0.2, -0.15) is 0 Å². The maximum absolute atomic E-state index is 12.3. The SMILES string of the molecule is COC(=O)NC1CCN(C(=O)c2ccc(C)c(O)c2)C1. The number of methoxy groups -OCH3 is 1. The monoisotopic (exact) mass is 278 g/mol. The molecule has 1 atom stereocenters. The molecule has 0 aliphatic carbocycles. The quantitative estimate of drug-likeness (QED) is 0.854. The minimum atomic E-state index is -0.489. The van der Waals surface area contributed by atoms with Crippen LogP contribution in [0.3, 0.4) is 0 Å². The molecule has 2 N–H and O–H groups in total. The highest BCUT2D eigenvalue weighted by molar-refractivity contribution is 5.95. The molecule has 6 nitrogen and oxygen atoms in total. The van der Waals surface area contributed by atoms with Gasteiger partial charge in [0.25, 0.3) is 5.91 Å². The Morgan fingerprint density at radius 2 is 2.20 bits per heavy atom. The van der Waals surface area contributed by atoms with Gasteiger partial charge in [0.1, 0.15) is 5.75 Å². The maximum Gasteiger partial charge on any atom is 0.407 e. The van der Waals surface area contributed by atoms with E-state index in [2.05, 4.69) is 10.1 Å². The topological polar surface area (TPSA) is 78.9 Å². The fraction of sp³-hybridized carbons (Fsp3) is 0.429. The van der Waals surface area contributed by atoms with Gasteiger partial charge < -0.3 is 20.1 Å². The van der Waals surface area contributed by atoms with Crippen molar-refractivity contribution in [3.8, 4) is 5.75 Å². The van der Waals surface area contributed by atoms with Gasteiger partial charge in [-0.1, -0.05) is 6.07 Å². The van der Waals surface area contributed by atoms with Crippen molar-refractivity contribution < 1.29 is 19.4 Å². The molecule has 2 amide bonds. The van der Waals surface area contributed by atoms with E-state index in [0.717, 1.165) is 5.56 Å². The van der Waals surface area contributed by atoms with Gasteiger partial charge in [0.2, 0.25) is 0 Å². The Balaban J connectivity index is 2.00.